The molecular formula is C25H31N5O4S. The van der Waals surface area contributed by atoms with Gasteiger partial charge in [-0.05, 0) is 49.4 Å². The minimum Gasteiger partial charge on any atom is -0.486 e. The first-order valence-corrected chi connectivity index (χ1v) is 12.0. The van der Waals surface area contributed by atoms with Crippen molar-refractivity contribution in [3.63, 3.8) is 0 Å². The molecule has 2 aromatic carbocycles. The highest BCUT2D eigenvalue weighted by atomic mass is 32.1. The zero-order chi connectivity index (χ0) is 23.7. The van der Waals surface area contributed by atoms with E-state index >= 15 is 0 Å². The second-order valence-corrected chi connectivity index (χ2v) is 9.25. The summed E-state index contributed by atoms with van der Waals surface area (Å²) < 4.78 is 11.1. The number of rotatable bonds is 6. The fourth-order valence-corrected chi connectivity index (χ4v) is 4.96. The zero-order valence-corrected chi connectivity index (χ0v) is 19.7. The molecular weight excluding hydrogens is 466 g/mol. The number of anilines is 4. The van der Waals surface area contributed by atoms with Gasteiger partial charge in [-0.15, -0.1) is 0 Å². The zero-order valence-electron chi connectivity index (χ0n) is 18.9. The molecule has 2 aliphatic rings. The van der Waals surface area contributed by atoms with Crippen LogP contribution in [0.1, 0.15) is 29.6 Å². The molecule has 0 saturated carbocycles. The Morgan fingerprint density at radius 2 is 1.77 bits per heavy atom. The van der Waals surface area contributed by atoms with Crippen LogP contribution in [-0.4, -0.2) is 66.4 Å². The second kappa shape index (κ2) is 10.5. The smallest absolute Gasteiger partial charge is 0.206 e. The molecule has 9 nitrogen and oxygen atoms in total. The monoisotopic (exact) mass is 497 g/mol. The van der Waals surface area contributed by atoms with Gasteiger partial charge in [0.2, 0.25) is 5.78 Å². The standard InChI is InChI=1S/C24H27N5O4S.CH4/c1-15(30)28-8-10-29(11-9-28)18-5-3-17(4-6-18)26-24-27-23(25)22(34-24)21(31)16-2-7-19-20(14-16)33-13-12-32-19;/h2-7,14-15,30H,8-13,25H2,1H3,(H,26,27);1H4. The third kappa shape index (κ3) is 5.34. The number of carbonyl (C=O) groups excluding carboxylic acids is 1. The molecule has 1 saturated heterocycles. The van der Waals surface area contributed by atoms with Gasteiger partial charge in [-0.2, -0.15) is 0 Å². The molecule has 0 radical (unpaired) electrons. The van der Waals surface area contributed by atoms with Gasteiger partial charge in [-0.3, -0.25) is 9.69 Å². The summed E-state index contributed by atoms with van der Waals surface area (Å²) in [7, 11) is 0. The number of fused-ring (bicyclic) bond motifs is 1. The van der Waals surface area contributed by atoms with Crippen LogP contribution in [0, 0.1) is 0 Å². The molecule has 0 aliphatic carbocycles. The van der Waals surface area contributed by atoms with E-state index in [0.29, 0.717) is 40.3 Å². The molecule has 0 spiro atoms. The first kappa shape index (κ1) is 24.8. The summed E-state index contributed by atoms with van der Waals surface area (Å²) in [6, 6.07) is 13.2. The van der Waals surface area contributed by atoms with E-state index < -0.39 is 6.23 Å². The van der Waals surface area contributed by atoms with E-state index in [9.17, 15) is 9.90 Å². The Labute approximate surface area is 209 Å². The first-order chi connectivity index (χ1) is 16.5. The lowest BCUT2D eigenvalue weighted by Gasteiger charge is -2.37. The molecule has 5 rings (SSSR count). The number of aliphatic hydroxyl groups is 1. The van der Waals surface area contributed by atoms with Crippen molar-refractivity contribution in [2.24, 2.45) is 0 Å². The van der Waals surface area contributed by atoms with Crippen LogP contribution in [0.25, 0.3) is 0 Å². The van der Waals surface area contributed by atoms with E-state index in [2.05, 4.69) is 32.2 Å². The molecule has 0 bridgehead atoms. The van der Waals surface area contributed by atoms with Crippen LogP contribution in [-0.2, 0) is 0 Å². The summed E-state index contributed by atoms with van der Waals surface area (Å²) in [5, 5.41) is 13.5. The third-order valence-electron chi connectivity index (χ3n) is 5.99. The summed E-state index contributed by atoms with van der Waals surface area (Å²) in [5.41, 5.74) is 8.55. The highest BCUT2D eigenvalue weighted by Crippen LogP contribution is 2.34. The molecule has 35 heavy (non-hydrogen) atoms. The summed E-state index contributed by atoms with van der Waals surface area (Å²) >= 11 is 1.22. The number of nitrogens with one attached hydrogen (secondary N) is 1. The number of ether oxygens (including phenoxy) is 2. The topological polar surface area (TPSA) is 113 Å². The van der Waals surface area contributed by atoms with Gasteiger partial charge in [0.05, 0.1) is 0 Å². The maximum atomic E-state index is 13.0. The number of aliphatic hydroxyl groups excluding tert-OH is 1. The number of nitrogens with zero attached hydrogens (tertiary/aromatic N) is 3. The fourth-order valence-electron chi connectivity index (χ4n) is 4.10. The van der Waals surface area contributed by atoms with Crippen molar-refractivity contribution in [2.75, 3.05) is 55.3 Å². The predicted molar refractivity (Wildman–Crippen MR) is 139 cm³/mol. The Kier molecular flexibility index (Phi) is 7.44. The van der Waals surface area contributed by atoms with Crippen LogP contribution in [0.15, 0.2) is 42.5 Å². The average molecular weight is 498 g/mol. The molecule has 4 N–H and O–H groups in total. The quantitative estimate of drug-likeness (QED) is 0.440. The molecule has 186 valence electrons. The minimum atomic E-state index is -0.411. The van der Waals surface area contributed by atoms with Crippen LogP contribution in [0.3, 0.4) is 0 Å². The first-order valence-electron chi connectivity index (χ1n) is 11.2. The van der Waals surface area contributed by atoms with Crippen LogP contribution >= 0.6 is 11.3 Å². The fraction of sp³-hybridized carbons (Fsp3) is 0.360. The van der Waals surface area contributed by atoms with Crippen LogP contribution < -0.4 is 25.4 Å². The number of hydrogen-bond donors (Lipinski definition) is 3. The summed E-state index contributed by atoms with van der Waals surface area (Å²) in [6.07, 6.45) is -0.411. The SMILES string of the molecule is C.CC(O)N1CCN(c2ccc(Nc3nc(N)c(C(=O)c4ccc5c(c4)OCCO5)s3)cc2)CC1. The molecule has 1 atom stereocenters. The molecule has 1 fully saturated rings. The number of thiazole rings is 1. The molecule has 2 aliphatic heterocycles. The number of ketones is 1. The predicted octanol–water partition coefficient (Wildman–Crippen LogP) is 3.57. The van der Waals surface area contributed by atoms with E-state index in [-0.39, 0.29) is 19.0 Å². The maximum Gasteiger partial charge on any atom is 0.206 e. The summed E-state index contributed by atoms with van der Waals surface area (Å²) in [4.78, 5) is 22.1. The largest absolute Gasteiger partial charge is 0.486 e. The number of nitrogen functional groups attached to an aromatic ring is 1. The Hall–Kier alpha value is -3.34. The summed E-state index contributed by atoms with van der Waals surface area (Å²) in [5.74, 6) is 1.19. The van der Waals surface area contributed by atoms with Gasteiger partial charge in [-0.25, -0.2) is 4.98 Å². The Balaban J connectivity index is 0.00000289. The molecule has 3 heterocycles. The lowest BCUT2D eigenvalue weighted by molar-refractivity contribution is 0.0153. The lowest BCUT2D eigenvalue weighted by Crippen LogP contribution is -2.49. The number of piperazine rings is 1. The summed E-state index contributed by atoms with van der Waals surface area (Å²) in [6.45, 7) is 6.15. The van der Waals surface area contributed by atoms with Gasteiger partial charge >= 0.3 is 0 Å². The highest BCUT2D eigenvalue weighted by molar-refractivity contribution is 7.18. The molecule has 0 amide bonds. The van der Waals surface area contributed by atoms with Crippen molar-refractivity contribution in [3.05, 3.63) is 52.9 Å². The van der Waals surface area contributed by atoms with E-state index in [1.165, 1.54) is 11.3 Å². The lowest BCUT2D eigenvalue weighted by atomic mass is 10.1. The molecule has 1 aromatic heterocycles. The van der Waals surface area contributed by atoms with Crippen molar-refractivity contribution in [1.29, 1.82) is 0 Å². The molecule has 3 aromatic rings. The molecule has 1 unspecified atom stereocenters. The van der Waals surface area contributed by atoms with Gasteiger partial charge < -0.3 is 30.5 Å². The molecule has 10 heteroatoms. The number of benzene rings is 2. The van der Waals surface area contributed by atoms with Crippen molar-refractivity contribution in [2.45, 2.75) is 20.6 Å². The normalized spacial score (nSPS) is 16.3. The van der Waals surface area contributed by atoms with Gasteiger partial charge in [0.1, 0.15) is 30.1 Å². The van der Waals surface area contributed by atoms with E-state index in [1.54, 1.807) is 25.1 Å². The maximum absolute atomic E-state index is 13.0. The van der Waals surface area contributed by atoms with Gasteiger partial charge in [0.15, 0.2) is 16.6 Å². The van der Waals surface area contributed by atoms with Crippen molar-refractivity contribution < 1.29 is 19.4 Å². The van der Waals surface area contributed by atoms with E-state index in [4.69, 9.17) is 15.2 Å². The number of nitrogens with two attached hydrogens (primary N) is 1. The highest BCUT2D eigenvalue weighted by Gasteiger charge is 2.22. The third-order valence-corrected chi connectivity index (χ3v) is 6.98. The Bertz CT molecular complexity index is 1170. The average Bonchev–Trinajstić information content (AvgIpc) is 3.23. The number of carbonyl (C=O) groups is 1. The number of hydrogen-bond acceptors (Lipinski definition) is 10. The van der Waals surface area contributed by atoms with Gasteiger partial charge in [-0.1, -0.05) is 18.8 Å². The Morgan fingerprint density at radius 3 is 2.46 bits per heavy atom. The Morgan fingerprint density at radius 1 is 1.09 bits per heavy atom. The number of aromatic nitrogens is 1. The van der Waals surface area contributed by atoms with Crippen molar-refractivity contribution >= 4 is 39.4 Å². The van der Waals surface area contributed by atoms with Crippen molar-refractivity contribution in [3.8, 4) is 11.5 Å². The van der Waals surface area contributed by atoms with Crippen molar-refractivity contribution in [1.82, 2.24) is 9.88 Å². The second-order valence-electron chi connectivity index (χ2n) is 8.25. The van der Waals surface area contributed by atoms with E-state index in [1.807, 2.05) is 12.1 Å². The minimum absolute atomic E-state index is 0. The van der Waals surface area contributed by atoms with E-state index in [0.717, 1.165) is 37.6 Å². The van der Waals surface area contributed by atoms with Gasteiger partial charge in [0.25, 0.3) is 0 Å². The van der Waals surface area contributed by atoms with Crippen LogP contribution in [0.4, 0.5) is 22.3 Å². The van der Waals surface area contributed by atoms with Crippen LogP contribution in [0.5, 0.6) is 11.5 Å². The van der Waals surface area contributed by atoms with Crippen LogP contribution in [0.2, 0.25) is 0 Å². The van der Waals surface area contributed by atoms with Gasteiger partial charge in [0, 0.05) is 43.1 Å².